The van der Waals surface area contributed by atoms with Crippen LogP contribution in [0.25, 0.3) is 0 Å². The van der Waals surface area contributed by atoms with Crippen LogP contribution in [0.2, 0.25) is 10.0 Å². The van der Waals surface area contributed by atoms with Gasteiger partial charge >= 0.3 is 6.03 Å². The zero-order valence-corrected chi connectivity index (χ0v) is 15.9. The van der Waals surface area contributed by atoms with Crippen LogP contribution < -0.4 is 5.32 Å². The van der Waals surface area contributed by atoms with Crippen LogP contribution >= 0.6 is 23.2 Å². The highest BCUT2D eigenvalue weighted by Gasteiger charge is 2.50. The zero-order valence-electron chi connectivity index (χ0n) is 14.4. The van der Waals surface area contributed by atoms with Gasteiger partial charge in [-0.15, -0.1) is 0 Å². The van der Waals surface area contributed by atoms with Crippen molar-refractivity contribution in [2.24, 2.45) is 0 Å². The summed E-state index contributed by atoms with van der Waals surface area (Å²) < 4.78 is 0. The summed E-state index contributed by atoms with van der Waals surface area (Å²) in [4.78, 5) is 28.5. The molecule has 136 valence electrons. The molecule has 7 heteroatoms. The van der Waals surface area contributed by atoms with Gasteiger partial charge in [0.15, 0.2) is 0 Å². The summed E-state index contributed by atoms with van der Waals surface area (Å²) in [5.74, 6) is -0.0940. The van der Waals surface area contributed by atoms with Crippen molar-refractivity contribution in [3.8, 4) is 0 Å². The van der Waals surface area contributed by atoms with Crippen LogP contribution in [0.3, 0.4) is 0 Å². The second-order valence-corrected chi connectivity index (χ2v) is 7.81. The first kappa shape index (κ1) is 18.5. The van der Waals surface area contributed by atoms with Crippen molar-refractivity contribution < 1.29 is 9.59 Å². The van der Waals surface area contributed by atoms with E-state index in [1.165, 1.54) is 4.90 Å². The molecule has 3 amide bonds. The molecule has 2 aliphatic rings. The number of amides is 3. The van der Waals surface area contributed by atoms with Crippen molar-refractivity contribution in [3.05, 3.63) is 33.8 Å². The minimum atomic E-state index is -0.692. The Morgan fingerprint density at radius 1 is 1.16 bits per heavy atom. The number of halogens is 2. The molecule has 0 atom stereocenters. The standard InChI is InChI=1S/C18H23Cl2N3O2/c1-22(11-13-7-6-8-14(19)15(13)20)12-23-16(24)18(21-17(23)25)9-4-2-3-5-10-18/h6-8H,2-5,9-12H2,1H3,(H,21,25). The van der Waals surface area contributed by atoms with E-state index in [1.807, 2.05) is 24.1 Å². The highest BCUT2D eigenvalue weighted by atomic mass is 35.5. The van der Waals surface area contributed by atoms with Gasteiger partial charge in [0.25, 0.3) is 5.91 Å². The van der Waals surface area contributed by atoms with E-state index in [-0.39, 0.29) is 18.6 Å². The Labute approximate surface area is 158 Å². The molecule has 2 fully saturated rings. The number of imide groups is 1. The summed E-state index contributed by atoms with van der Waals surface area (Å²) in [6, 6.07) is 5.17. The van der Waals surface area contributed by atoms with Crippen LogP contribution in [0.5, 0.6) is 0 Å². The van der Waals surface area contributed by atoms with Gasteiger partial charge in [0.05, 0.1) is 16.7 Å². The summed E-state index contributed by atoms with van der Waals surface area (Å²) in [5.41, 5.74) is 0.176. The minimum absolute atomic E-state index is 0.0940. The predicted octanol–water partition coefficient (Wildman–Crippen LogP) is 4.03. The maximum absolute atomic E-state index is 12.9. The number of carbonyl (C=O) groups excluding carboxylic acids is 2. The average molecular weight is 384 g/mol. The van der Waals surface area contributed by atoms with Gasteiger partial charge in [-0.25, -0.2) is 9.69 Å². The summed E-state index contributed by atoms with van der Waals surface area (Å²) in [5, 5.41) is 3.97. The number of nitrogens with one attached hydrogen (secondary N) is 1. The number of hydrogen-bond acceptors (Lipinski definition) is 3. The quantitative estimate of drug-likeness (QED) is 0.798. The molecule has 1 N–H and O–H groups in total. The van der Waals surface area contributed by atoms with Gasteiger partial charge < -0.3 is 5.32 Å². The summed E-state index contributed by atoms with van der Waals surface area (Å²) in [7, 11) is 1.86. The van der Waals surface area contributed by atoms with Gasteiger partial charge in [0, 0.05) is 6.54 Å². The molecule has 0 bridgehead atoms. The molecule has 25 heavy (non-hydrogen) atoms. The molecule has 1 aromatic carbocycles. The number of rotatable bonds is 4. The van der Waals surface area contributed by atoms with Gasteiger partial charge in [-0.2, -0.15) is 0 Å². The van der Waals surface area contributed by atoms with Crippen LogP contribution in [-0.2, 0) is 11.3 Å². The Balaban J connectivity index is 1.68. The van der Waals surface area contributed by atoms with Crippen LogP contribution in [-0.4, -0.2) is 41.0 Å². The van der Waals surface area contributed by atoms with Crippen molar-refractivity contribution in [2.45, 2.75) is 50.6 Å². The molecule has 1 aromatic rings. The largest absolute Gasteiger partial charge is 0.326 e. The highest BCUT2D eigenvalue weighted by Crippen LogP contribution is 2.33. The fourth-order valence-corrected chi connectivity index (χ4v) is 4.11. The monoisotopic (exact) mass is 383 g/mol. The van der Waals surface area contributed by atoms with Crippen molar-refractivity contribution in [1.82, 2.24) is 15.1 Å². The maximum Gasteiger partial charge on any atom is 0.326 e. The number of benzene rings is 1. The lowest BCUT2D eigenvalue weighted by molar-refractivity contribution is -0.133. The normalized spacial score (nSPS) is 20.2. The van der Waals surface area contributed by atoms with E-state index in [2.05, 4.69) is 5.32 Å². The van der Waals surface area contributed by atoms with Crippen LogP contribution in [0.1, 0.15) is 44.1 Å². The third-order valence-electron chi connectivity index (χ3n) is 5.06. The molecule has 1 aliphatic carbocycles. The third kappa shape index (κ3) is 3.78. The number of nitrogens with zero attached hydrogens (tertiary/aromatic N) is 2. The fourth-order valence-electron chi connectivity index (χ4n) is 3.73. The predicted molar refractivity (Wildman–Crippen MR) is 98.6 cm³/mol. The lowest BCUT2D eigenvalue weighted by Crippen LogP contribution is -2.47. The number of urea groups is 1. The van der Waals surface area contributed by atoms with Crippen LogP contribution in [0.15, 0.2) is 18.2 Å². The van der Waals surface area contributed by atoms with Gasteiger partial charge in [-0.3, -0.25) is 9.69 Å². The average Bonchev–Trinajstić information content (AvgIpc) is 2.74. The zero-order chi connectivity index (χ0) is 18.0. The molecule has 1 saturated heterocycles. The topological polar surface area (TPSA) is 52.6 Å². The second-order valence-electron chi connectivity index (χ2n) is 7.03. The molecule has 0 aromatic heterocycles. The Morgan fingerprint density at radius 2 is 1.84 bits per heavy atom. The molecule has 1 spiro atoms. The van der Waals surface area contributed by atoms with Crippen molar-refractivity contribution in [1.29, 1.82) is 0 Å². The Kier molecular flexibility index (Phi) is 5.56. The van der Waals surface area contributed by atoms with Crippen LogP contribution in [0.4, 0.5) is 4.79 Å². The first-order chi connectivity index (χ1) is 11.9. The SMILES string of the molecule is CN(Cc1cccc(Cl)c1Cl)CN1C(=O)NC2(CCCCCC2)C1=O. The molecule has 1 saturated carbocycles. The van der Waals surface area contributed by atoms with Gasteiger partial charge in [0.1, 0.15) is 5.54 Å². The van der Waals surface area contributed by atoms with E-state index in [4.69, 9.17) is 23.2 Å². The summed E-state index contributed by atoms with van der Waals surface area (Å²) in [6.07, 6.45) is 5.67. The van der Waals surface area contributed by atoms with E-state index in [0.717, 1.165) is 44.1 Å². The number of carbonyl (C=O) groups is 2. The highest BCUT2D eigenvalue weighted by molar-refractivity contribution is 6.42. The van der Waals surface area contributed by atoms with E-state index < -0.39 is 5.54 Å². The molecular weight excluding hydrogens is 361 g/mol. The van der Waals surface area contributed by atoms with E-state index >= 15 is 0 Å². The number of hydrogen-bond donors (Lipinski definition) is 1. The van der Waals surface area contributed by atoms with Crippen molar-refractivity contribution in [3.63, 3.8) is 0 Å². The third-order valence-corrected chi connectivity index (χ3v) is 5.92. The smallest absolute Gasteiger partial charge is 0.323 e. The van der Waals surface area contributed by atoms with Crippen molar-refractivity contribution in [2.75, 3.05) is 13.7 Å². The lowest BCUT2D eigenvalue weighted by atomic mass is 9.90. The van der Waals surface area contributed by atoms with Gasteiger partial charge in [-0.05, 0) is 31.5 Å². The van der Waals surface area contributed by atoms with Gasteiger partial charge in [0.2, 0.25) is 0 Å². The Bertz CT molecular complexity index is 672. The molecule has 0 unspecified atom stereocenters. The maximum atomic E-state index is 12.9. The minimum Gasteiger partial charge on any atom is -0.323 e. The molecular formula is C18H23Cl2N3O2. The van der Waals surface area contributed by atoms with E-state index in [0.29, 0.717) is 16.6 Å². The molecule has 0 radical (unpaired) electrons. The molecule has 3 rings (SSSR count). The summed E-state index contributed by atoms with van der Waals surface area (Å²) in [6.45, 7) is 0.735. The van der Waals surface area contributed by atoms with Gasteiger partial charge in [-0.1, -0.05) is 61.0 Å². The molecule has 1 heterocycles. The molecule has 1 aliphatic heterocycles. The van der Waals surface area contributed by atoms with E-state index in [9.17, 15) is 9.59 Å². The first-order valence-electron chi connectivity index (χ1n) is 8.68. The van der Waals surface area contributed by atoms with Crippen molar-refractivity contribution >= 4 is 35.1 Å². The lowest BCUT2D eigenvalue weighted by Gasteiger charge is -2.26. The Hall–Kier alpha value is -1.30. The molecule has 5 nitrogen and oxygen atoms in total. The first-order valence-corrected chi connectivity index (χ1v) is 9.44. The second kappa shape index (κ2) is 7.52. The van der Waals surface area contributed by atoms with Crippen LogP contribution in [0, 0.1) is 0 Å². The summed E-state index contributed by atoms with van der Waals surface area (Å²) >= 11 is 12.3. The Morgan fingerprint density at radius 3 is 2.52 bits per heavy atom. The van der Waals surface area contributed by atoms with E-state index in [1.54, 1.807) is 6.07 Å². The fraction of sp³-hybridized carbons (Fsp3) is 0.556.